The molecule has 0 saturated heterocycles. The van der Waals surface area contributed by atoms with Gasteiger partial charge in [-0.2, -0.15) is 5.10 Å². The van der Waals surface area contributed by atoms with E-state index >= 15 is 0 Å². The Morgan fingerprint density at radius 2 is 1.78 bits per heavy atom. The number of hydrogen-bond acceptors (Lipinski definition) is 5. The van der Waals surface area contributed by atoms with E-state index in [0.29, 0.717) is 25.6 Å². The van der Waals surface area contributed by atoms with Crippen LogP contribution in [0.2, 0.25) is 0 Å². The minimum absolute atomic E-state index is 0. The first-order chi connectivity index (χ1) is 17.2. The smallest absolute Gasteiger partial charge is 0.256 e. The number of amides is 2. The summed E-state index contributed by atoms with van der Waals surface area (Å²) in [5.41, 5.74) is 5.38. The van der Waals surface area contributed by atoms with Crippen LogP contribution in [0.3, 0.4) is 0 Å². The van der Waals surface area contributed by atoms with Crippen molar-refractivity contribution in [2.75, 3.05) is 31.6 Å². The molecule has 1 aliphatic heterocycles. The van der Waals surface area contributed by atoms with Gasteiger partial charge in [0, 0.05) is 44.8 Å². The van der Waals surface area contributed by atoms with Gasteiger partial charge < -0.3 is 10.2 Å². The summed E-state index contributed by atoms with van der Waals surface area (Å²) >= 11 is 0. The average molecular weight is 507 g/mol. The molecular weight excluding hydrogens is 464 g/mol. The third kappa shape index (κ3) is 6.68. The number of fused-ring (bicyclic) bond motifs is 2. The van der Waals surface area contributed by atoms with Gasteiger partial charge in [0.1, 0.15) is 0 Å². The fourth-order valence-electron chi connectivity index (χ4n) is 4.78. The molecule has 0 fully saturated rings. The highest BCUT2D eigenvalue weighted by atomic mass is 16.2. The molecule has 8 heteroatoms. The highest BCUT2D eigenvalue weighted by Crippen LogP contribution is 2.27. The van der Waals surface area contributed by atoms with Crippen LogP contribution < -0.4 is 10.2 Å². The van der Waals surface area contributed by atoms with Gasteiger partial charge in [0.25, 0.3) is 5.91 Å². The van der Waals surface area contributed by atoms with Crippen molar-refractivity contribution in [2.45, 2.75) is 54.1 Å². The molecule has 0 bridgehead atoms. The summed E-state index contributed by atoms with van der Waals surface area (Å²) in [7, 11) is 3.73. The summed E-state index contributed by atoms with van der Waals surface area (Å²) in [6, 6.07) is 12.4. The number of aryl methyl sites for hydroxylation is 2. The van der Waals surface area contributed by atoms with Crippen molar-refractivity contribution in [3.8, 4) is 0 Å². The van der Waals surface area contributed by atoms with E-state index in [1.54, 1.807) is 5.01 Å². The fraction of sp³-hybridized carbons (Fsp3) is 0.483. The Hall–Kier alpha value is -3.39. The number of aromatic nitrogens is 2. The third-order valence-corrected chi connectivity index (χ3v) is 6.95. The largest absolute Gasteiger partial charge is 0.355 e. The lowest BCUT2D eigenvalue weighted by Gasteiger charge is -2.32. The number of rotatable bonds is 10. The summed E-state index contributed by atoms with van der Waals surface area (Å²) in [5.74, 6) is 0.478. The predicted molar refractivity (Wildman–Crippen MR) is 150 cm³/mol. The molecule has 3 aromatic rings. The molecule has 0 radical (unpaired) electrons. The Balaban J connectivity index is 0.00000380. The van der Waals surface area contributed by atoms with E-state index in [4.69, 9.17) is 0 Å². The summed E-state index contributed by atoms with van der Waals surface area (Å²) in [5, 5.41) is 12.1. The van der Waals surface area contributed by atoms with Gasteiger partial charge >= 0.3 is 0 Å². The first-order valence-corrected chi connectivity index (χ1v) is 12.7. The number of nitrogens with zero attached hydrogens (tertiary/aromatic N) is 5. The lowest BCUT2D eigenvalue weighted by atomic mass is 10.1. The molecule has 0 aliphatic carbocycles. The number of benzene rings is 2. The Kier molecular flexibility index (Phi) is 9.32. The Bertz CT molecular complexity index is 1210. The maximum Gasteiger partial charge on any atom is 0.256 e. The van der Waals surface area contributed by atoms with Crippen LogP contribution in [0.25, 0.3) is 10.9 Å². The summed E-state index contributed by atoms with van der Waals surface area (Å²) < 4.78 is 1.84. The second-order valence-electron chi connectivity index (χ2n) is 10.2. The average Bonchev–Trinajstić information content (AvgIpc) is 3.43. The van der Waals surface area contributed by atoms with Crippen molar-refractivity contribution in [3.63, 3.8) is 0 Å². The number of carbonyl (C=O) groups excluding carboxylic acids is 2. The van der Waals surface area contributed by atoms with Crippen molar-refractivity contribution < 1.29 is 9.59 Å². The zero-order valence-corrected chi connectivity index (χ0v) is 22.1. The van der Waals surface area contributed by atoms with Gasteiger partial charge in [-0.1, -0.05) is 45.5 Å². The van der Waals surface area contributed by atoms with Crippen molar-refractivity contribution in [2.24, 2.45) is 13.0 Å². The lowest BCUT2D eigenvalue weighted by Crippen LogP contribution is -2.48. The van der Waals surface area contributed by atoms with Crippen LogP contribution in [-0.4, -0.2) is 58.3 Å². The minimum atomic E-state index is -0.0755. The first-order valence-electron chi connectivity index (χ1n) is 12.7. The molecule has 0 atom stereocenters. The van der Waals surface area contributed by atoms with Crippen LogP contribution in [0, 0.1) is 12.8 Å². The van der Waals surface area contributed by atoms with Crippen LogP contribution in [0.5, 0.6) is 0 Å². The van der Waals surface area contributed by atoms with Crippen LogP contribution in [0.15, 0.2) is 42.6 Å². The normalized spacial score (nSPS) is 12.9. The van der Waals surface area contributed by atoms with Crippen LogP contribution in [0.4, 0.5) is 5.69 Å². The molecule has 4 rings (SSSR count). The number of anilines is 1. The number of nitrogens with one attached hydrogen (secondary N) is 1. The Morgan fingerprint density at radius 3 is 2.43 bits per heavy atom. The summed E-state index contributed by atoms with van der Waals surface area (Å²) in [6.45, 7) is 8.66. The Labute approximate surface area is 221 Å². The van der Waals surface area contributed by atoms with E-state index in [1.807, 2.05) is 60.0 Å². The van der Waals surface area contributed by atoms with Crippen molar-refractivity contribution in [1.29, 1.82) is 0 Å². The van der Waals surface area contributed by atoms with Crippen LogP contribution in [0.1, 0.15) is 50.8 Å². The number of hydrazine groups is 1. The summed E-state index contributed by atoms with van der Waals surface area (Å²) in [4.78, 5) is 28.2. The molecule has 8 nitrogen and oxygen atoms in total. The zero-order chi connectivity index (χ0) is 25.8. The second kappa shape index (κ2) is 12.2. The number of hydrogen-bond donors (Lipinski definition) is 1. The van der Waals surface area contributed by atoms with Gasteiger partial charge in [-0.3, -0.25) is 19.3 Å². The molecule has 0 spiro atoms. The summed E-state index contributed by atoms with van der Waals surface area (Å²) in [6.07, 6.45) is 3.83. The standard InChI is InChI=1S/C28H38N6O2.CH4/c1-20(2)9-8-12-29-27(35)18-33(25-14-24-15-30-31(4)26(24)13-21(25)3)19-28(36)32(5)34-16-22-10-6-7-11-23(22)17-34;/h6-7,10-11,13-15,20H,8-9,12,16-19H2,1-5H3,(H,29,35);1H4. The monoisotopic (exact) mass is 506 g/mol. The van der Waals surface area contributed by atoms with Crippen LogP contribution >= 0.6 is 0 Å². The van der Waals surface area contributed by atoms with E-state index in [-0.39, 0.29) is 32.3 Å². The SMILES string of the molecule is C.Cc1cc2c(cnn2C)cc1N(CC(=O)NCCCC(C)C)CC(=O)N(C)N1Cc2ccccc2C1. The molecule has 1 N–H and O–H groups in total. The molecule has 0 saturated carbocycles. The van der Waals surface area contributed by atoms with Crippen LogP contribution in [-0.2, 0) is 29.7 Å². The van der Waals surface area contributed by atoms with E-state index < -0.39 is 0 Å². The molecule has 2 aromatic carbocycles. The van der Waals surface area contributed by atoms with Gasteiger partial charge in [-0.15, -0.1) is 0 Å². The van der Waals surface area contributed by atoms with E-state index in [1.165, 1.54) is 11.1 Å². The van der Waals surface area contributed by atoms with Gasteiger partial charge in [-0.25, -0.2) is 5.01 Å². The fourth-order valence-corrected chi connectivity index (χ4v) is 4.78. The molecule has 2 amide bonds. The number of carbonyl (C=O) groups is 2. The van der Waals surface area contributed by atoms with Gasteiger partial charge in [0.15, 0.2) is 0 Å². The molecule has 37 heavy (non-hydrogen) atoms. The molecule has 1 aliphatic rings. The second-order valence-corrected chi connectivity index (χ2v) is 10.2. The zero-order valence-electron chi connectivity index (χ0n) is 22.1. The maximum absolute atomic E-state index is 13.5. The topological polar surface area (TPSA) is 73.7 Å². The predicted octanol–water partition coefficient (Wildman–Crippen LogP) is 4.27. The van der Waals surface area contributed by atoms with Crippen molar-refractivity contribution >= 4 is 28.4 Å². The molecule has 2 heterocycles. The quantitative estimate of drug-likeness (QED) is 0.416. The van der Waals surface area contributed by atoms with Crippen molar-refractivity contribution in [3.05, 3.63) is 59.3 Å². The van der Waals surface area contributed by atoms with E-state index in [2.05, 4.69) is 42.5 Å². The highest BCUT2D eigenvalue weighted by Gasteiger charge is 2.27. The third-order valence-electron chi connectivity index (χ3n) is 6.95. The molecule has 0 unspecified atom stereocenters. The molecular formula is C29H42N6O2. The maximum atomic E-state index is 13.5. The van der Waals surface area contributed by atoms with E-state index in [0.717, 1.165) is 35.0 Å². The minimum Gasteiger partial charge on any atom is -0.355 e. The lowest BCUT2D eigenvalue weighted by molar-refractivity contribution is -0.145. The Morgan fingerprint density at radius 1 is 1.11 bits per heavy atom. The van der Waals surface area contributed by atoms with E-state index in [9.17, 15) is 9.59 Å². The van der Waals surface area contributed by atoms with Crippen molar-refractivity contribution in [1.82, 2.24) is 25.1 Å². The van der Waals surface area contributed by atoms with Gasteiger partial charge in [0.2, 0.25) is 5.91 Å². The molecule has 1 aromatic heterocycles. The van der Waals surface area contributed by atoms with Gasteiger partial charge in [-0.05, 0) is 54.5 Å². The first kappa shape index (κ1) is 28.2. The van der Waals surface area contributed by atoms with Gasteiger partial charge in [0.05, 0.1) is 24.8 Å². The molecule has 200 valence electrons. The highest BCUT2D eigenvalue weighted by molar-refractivity contribution is 5.90. The number of likely N-dealkylation sites (N-methyl/N-ethyl adjacent to an activating group) is 1.